The monoisotopic (exact) mass is 412 g/mol. The fourth-order valence-corrected chi connectivity index (χ4v) is 3.47. The highest BCUT2D eigenvalue weighted by Crippen LogP contribution is 2.09. The van der Waals surface area contributed by atoms with Crippen LogP contribution in [0.25, 0.3) is 10.9 Å². The number of aryl methyl sites for hydroxylation is 1. The molecule has 0 bridgehead atoms. The van der Waals surface area contributed by atoms with E-state index < -0.39 is 0 Å². The Morgan fingerprint density at radius 2 is 1.65 bits per heavy atom. The summed E-state index contributed by atoms with van der Waals surface area (Å²) in [6.07, 6.45) is 1.79. The van der Waals surface area contributed by atoms with Gasteiger partial charge in [-0.25, -0.2) is 4.68 Å². The minimum atomic E-state index is -0.181. The third-order valence-corrected chi connectivity index (χ3v) is 5.26. The maximum Gasteiger partial charge on any atom is 0.277 e. The number of carbonyl (C=O) groups excluding carboxylic acids is 1. The minimum absolute atomic E-state index is 0.0684. The molecule has 3 aromatic carbocycles. The van der Waals surface area contributed by atoms with Gasteiger partial charge in [0.1, 0.15) is 5.52 Å². The zero-order valence-electron chi connectivity index (χ0n) is 17.4. The van der Waals surface area contributed by atoms with Crippen LogP contribution < -0.4 is 10.9 Å². The van der Waals surface area contributed by atoms with Crippen molar-refractivity contribution in [3.63, 3.8) is 0 Å². The highest BCUT2D eigenvalue weighted by Gasteiger charge is 2.11. The standard InChI is InChI=1S/C25H24N4O2/c1-18(11-12-19-7-3-2-4-8-19)26-24(30)21-15-13-20(14-16-21)17-29-25(31)22-9-5-6-10-23(22)27-28-29/h2-10,13-16,18H,11-12,17H2,1H3,(H,26,30). The van der Waals surface area contributed by atoms with Crippen molar-refractivity contribution in [2.75, 3.05) is 0 Å². The summed E-state index contributed by atoms with van der Waals surface area (Å²) in [5, 5.41) is 11.7. The van der Waals surface area contributed by atoms with Gasteiger partial charge in [0.05, 0.1) is 11.9 Å². The quantitative estimate of drug-likeness (QED) is 0.503. The van der Waals surface area contributed by atoms with E-state index in [-0.39, 0.29) is 17.5 Å². The maximum atomic E-state index is 12.6. The average molecular weight is 412 g/mol. The van der Waals surface area contributed by atoms with E-state index in [9.17, 15) is 9.59 Å². The largest absolute Gasteiger partial charge is 0.350 e. The lowest BCUT2D eigenvalue weighted by Gasteiger charge is -2.14. The molecule has 6 nitrogen and oxygen atoms in total. The van der Waals surface area contributed by atoms with Crippen LogP contribution in [0.15, 0.2) is 83.7 Å². The lowest BCUT2D eigenvalue weighted by Crippen LogP contribution is -2.32. The first-order valence-electron chi connectivity index (χ1n) is 10.4. The van der Waals surface area contributed by atoms with Crippen LogP contribution in [0.3, 0.4) is 0 Å². The van der Waals surface area contributed by atoms with E-state index in [1.54, 1.807) is 24.3 Å². The maximum absolute atomic E-state index is 12.6. The predicted octanol–water partition coefficient (Wildman–Crippen LogP) is 3.59. The normalized spacial score (nSPS) is 11.9. The minimum Gasteiger partial charge on any atom is -0.350 e. The van der Waals surface area contributed by atoms with Crippen molar-refractivity contribution in [1.29, 1.82) is 0 Å². The van der Waals surface area contributed by atoms with Crippen molar-refractivity contribution in [2.45, 2.75) is 32.4 Å². The summed E-state index contributed by atoms with van der Waals surface area (Å²) in [5.41, 5.74) is 3.13. The van der Waals surface area contributed by atoms with Crippen molar-refractivity contribution in [1.82, 2.24) is 20.3 Å². The number of amides is 1. The molecule has 1 atom stereocenters. The number of aromatic nitrogens is 3. The molecule has 0 aliphatic rings. The molecule has 0 aliphatic heterocycles. The van der Waals surface area contributed by atoms with Crippen LogP contribution in [0.1, 0.15) is 34.8 Å². The van der Waals surface area contributed by atoms with E-state index >= 15 is 0 Å². The van der Waals surface area contributed by atoms with Gasteiger partial charge in [0.15, 0.2) is 0 Å². The number of rotatable bonds is 7. The highest BCUT2D eigenvalue weighted by molar-refractivity contribution is 5.94. The SMILES string of the molecule is CC(CCc1ccccc1)NC(=O)c1ccc(Cn2nnc3ccccc3c2=O)cc1. The van der Waals surface area contributed by atoms with Crippen molar-refractivity contribution >= 4 is 16.8 Å². The molecule has 156 valence electrons. The summed E-state index contributed by atoms with van der Waals surface area (Å²) in [5.74, 6) is -0.102. The van der Waals surface area contributed by atoms with Gasteiger partial charge < -0.3 is 5.32 Å². The average Bonchev–Trinajstić information content (AvgIpc) is 2.81. The molecule has 1 N–H and O–H groups in total. The smallest absolute Gasteiger partial charge is 0.277 e. The molecular formula is C25H24N4O2. The number of hydrogen-bond acceptors (Lipinski definition) is 4. The molecule has 0 spiro atoms. The van der Waals surface area contributed by atoms with E-state index in [2.05, 4.69) is 27.8 Å². The summed E-state index contributed by atoms with van der Waals surface area (Å²) in [4.78, 5) is 25.1. The van der Waals surface area contributed by atoms with Crippen LogP contribution in [-0.4, -0.2) is 26.9 Å². The van der Waals surface area contributed by atoms with Gasteiger partial charge >= 0.3 is 0 Å². The van der Waals surface area contributed by atoms with E-state index in [1.807, 2.05) is 49.4 Å². The van der Waals surface area contributed by atoms with Crippen LogP contribution in [-0.2, 0) is 13.0 Å². The van der Waals surface area contributed by atoms with Crippen LogP contribution >= 0.6 is 0 Å². The topological polar surface area (TPSA) is 76.9 Å². The van der Waals surface area contributed by atoms with Crippen molar-refractivity contribution in [2.24, 2.45) is 0 Å². The van der Waals surface area contributed by atoms with Gasteiger partial charge in [-0.15, -0.1) is 5.10 Å². The lowest BCUT2D eigenvalue weighted by atomic mass is 10.1. The van der Waals surface area contributed by atoms with Gasteiger partial charge in [0, 0.05) is 11.6 Å². The first kappa shape index (κ1) is 20.5. The Labute approximate surface area is 180 Å². The molecule has 0 radical (unpaired) electrons. The van der Waals surface area contributed by atoms with Crippen LogP contribution in [0.5, 0.6) is 0 Å². The zero-order chi connectivity index (χ0) is 21.6. The summed E-state index contributed by atoms with van der Waals surface area (Å²) in [6.45, 7) is 2.31. The first-order valence-corrected chi connectivity index (χ1v) is 10.4. The number of nitrogens with one attached hydrogen (secondary N) is 1. The Morgan fingerprint density at radius 3 is 2.42 bits per heavy atom. The predicted molar refractivity (Wildman–Crippen MR) is 121 cm³/mol. The summed E-state index contributed by atoms with van der Waals surface area (Å²) in [7, 11) is 0. The highest BCUT2D eigenvalue weighted by atomic mass is 16.1. The Hall–Kier alpha value is -3.80. The third kappa shape index (κ3) is 5.04. The summed E-state index contributed by atoms with van der Waals surface area (Å²) in [6, 6.07) is 24.7. The number of carbonyl (C=O) groups is 1. The Morgan fingerprint density at radius 1 is 0.935 bits per heavy atom. The molecule has 1 heterocycles. The first-order chi connectivity index (χ1) is 15.1. The van der Waals surface area contributed by atoms with E-state index in [1.165, 1.54) is 10.2 Å². The molecule has 6 heteroatoms. The molecule has 4 rings (SSSR count). The van der Waals surface area contributed by atoms with Crippen molar-refractivity contribution in [3.05, 3.63) is 106 Å². The van der Waals surface area contributed by atoms with E-state index in [4.69, 9.17) is 0 Å². The molecule has 31 heavy (non-hydrogen) atoms. The Bertz CT molecular complexity index is 1230. The van der Waals surface area contributed by atoms with Crippen LogP contribution in [0.4, 0.5) is 0 Å². The number of hydrogen-bond donors (Lipinski definition) is 1. The molecule has 0 saturated heterocycles. The van der Waals surface area contributed by atoms with Gasteiger partial charge in [0.25, 0.3) is 11.5 Å². The molecule has 1 unspecified atom stereocenters. The van der Waals surface area contributed by atoms with Crippen molar-refractivity contribution in [3.8, 4) is 0 Å². The molecule has 4 aromatic rings. The Kier molecular flexibility index (Phi) is 6.17. The number of nitrogens with zero attached hydrogens (tertiary/aromatic N) is 3. The van der Waals surface area contributed by atoms with E-state index in [0.717, 1.165) is 18.4 Å². The van der Waals surface area contributed by atoms with E-state index in [0.29, 0.717) is 23.0 Å². The van der Waals surface area contributed by atoms with Gasteiger partial charge in [-0.2, -0.15) is 0 Å². The van der Waals surface area contributed by atoms with Gasteiger partial charge in [-0.3, -0.25) is 9.59 Å². The molecule has 0 saturated carbocycles. The second-order valence-corrected chi connectivity index (χ2v) is 7.67. The van der Waals surface area contributed by atoms with Crippen LogP contribution in [0.2, 0.25) is 0 Å². The number of benzene rings is 3. The lowest BCUT2D eigenvalue weighted by molar-refractivity contribution is 0.0938. The van der Waals surface area contributed by atoms with Crippen LogP contribution in [0, 0.1) is 0 Å². The third-order valence-electron chi connectivity index (χ3n) is 5.26. The second-order valence-electron chi connectivity index (χ2n) is 7.67. The molecule has 0 fully saturated rings. The second kappa shape index (κ2) is 9.34. The fourth-order valence-electron chi connectivity index (χ4n) is 3.47. The fraction of sp³-hybridized carbons (Fsp3) is 0.200. The number of fused-ring (bicyclic) bond motifs is 1. The van der Waals surface area contributed by atoms with Gasteiger partial charge in [-0.05, 0) is 55.2 Å². The molecular weight excluding hydrogens is 388 g/mol. The Balaban J connectivity index is 1.37. The molecule has 0 aliphatic carbocycles. The summed E-state index contributed by atoms with van der Waals surface area (Å²) >= 11 is 0. The molecule has 1 aromatic heterocycles. The molecule has 1 amide bonds. The zero-order valence-corrected chi connectivity index (χ0v) is 17.4. The summed E-state index contributed by atoms with van der Waals surface area (Å²) < 4.78 is 1.34. The van der Waals surface area contributed by atoms with Crippen molar-refractivity contribution < 1.29 is 4.79 Å². The van der Waals surface area contributed by atoms with Gasteiger partial charge in [-0.1, -0.05) is 59.8 Å². The van der Waals surface area contributed by atoms with Gasteiger partial charge in [0.2, 0.25) is 0 Å².